The molecule has 0 fully saturated rings. The monoisotopic (exact) mass is 417 g/mol. The number of hydrogen-bond donors (Lipinski definition) is 0. The lowest BCUT2D eigenvalue weighted by Crippen LogP contribution is -2.22. The number of benzene rings is 1. The Morgan fingerprint density at radius 1 is 1.07 bits per heavy atom. The van der Waals surface area contributed by atoms with Crippen molar-refractivity contribution in [1.29, 1.82) is 0 Å². The second kappa shape index (κ2) is 7.51. The number of pyridine rings is 1. The van der Waals surface area contributed by atoms with Gasteiger partial charge in [-0.2, -0.15) is 0 Å². The number of cyclic esters (lactones) is 1. The fourth-order valence-electron chi connectivity index (χ4n) is 3.00. The van der Waals surface area contributed by atoms with Gasteiger partial charge in [-0.3, -0.25) is 0 Å². The van der Waals surface area contributed by atoms with Gasteiger partial charge in [-0.25, -0.2) is 18.2 Å². The van der Waals surface area contributed by atoms with Gasteiger partial charge in [0.15, 0.2) is 9.84 Å². The van der Waals surface area contributed by atoms with Gasteiger partial charge in [0.2, 0.25) is 11.6 Å². The molecule has 1 aliphatic rings. The minimum absolute atomic E-state index is 0.0101. The SMILES string of the molecule is CC(C)Oc1ccc(OC2=C(c3ccc(S(C)(=O)=O)cc3)C(C)(C)OC2=O)cn1. The quantitative estimate of drug-likeness (QED) is 0.665. The number of sulfone groups is 1. The van der Waals surface area contributed by atoms with Crippen LogP contribution in [0.5, 0.6) is 11.6 Å². The Kier molecular flexibility index (Phi) is 5.40. The van der Waals surface area contributed by atoms with Gasteiger partial charge in [-0.1, -0.05) is 12.1 Å². The maximum absolute atomic E-state index is 12.5. The molecule has 1 aliphatic heterocycles. The Morgan fingerprint density at radius 2 is 1.72 bits per heavy atom. The maximum Gasteiger partial charge on any atom is 0.375 e. The molecule has 0 radical (unpaired) electrons. The molecule has 0 amide bonds. The van der Waals surface area contributed by atoms with E-state index in [1.54, 1.807) is 38.1 Å². The molecule has 0 saturated carbocycles. The van der Waals surface area contributed by atoms with E-state index in [1.165, 1.54) is 18.3 Å². The lowest BCUT2D eigenvalue weighted by atomic mass is 9.92. The Morgan fingerprint density at radius 3 is 2.24 bits per heavy atom. The van der Waals surface area contributed by atoms with Gasteiger partial charge in [-0.15, -0.1) is 0 Å². The molecule has 2 heterocycles. The zero-order valence-corrected chi connectivity index (χ0v) is 17.7. The molecule has 29 heavy (non-hydrogen) atoms. The number of ether oxygens (including phenoxy) is 3. The number of hydrogen-bond acceptors (Lipinski definition) is 7. The number of rotatable bonds is 6. The van der Waals surface area contributed by atoms with Crippen molar-refractivity contribution in [3.8, 4) is 11.6 Å². The van der Waals surface area contributed by atoms with Gasteiger partial charge in [0.05, 0.1) is 22.8 Å². The van der Waals surface area contributed by atoms with E-state index >= 15 is 0 Å². The van der Waals surface area contributed by atoms with E-state index in [2.05, 4.69) is 4.98 Å². The fourth-order valence-corrected chi connectivity index (χ4v) is 3.63. The lowest BCUT2D eigenvalue weighted by Gasteiger charge is -2.21. The molecule has 0 atom stereocenters. The third-order valence-corrected chi connectivity index (χ3v) is 5.35. The number of carbonyl (C=O) groups is 1. The molecular weight excluding hydrogens is 394 g/mol. The third kappa shape index (κ3) is 4.59. The van der Waals surface area contributed by atoms with E-state index in [0.717, 1.165) is 6.26 Å². The van der Waals surface area contributed by atoms with Crippen LogP contribution in [0.15, 0.2) is 53.2 Å². The van der Waals surface area contributed by atoms with Gasteiger partial charge >= 0.3 is 5.97 Å². The van der Waals surface area contributed by atoms with Crippen molar-refractivity contribution in [2.45, 2.75) is 44.3 Å². The smallest absolute Gasteiger partial charge is 0.375 e. The average Bonchev–Trinajstić information content (AvgIpc) is 2.83. The van der Waals surface area contributed by atoms with Crippen LogP contribution in [0.2, 0.25) is 0 Å². The van der Waals surface area contributed by atoms with Crippen LogP contribution in [-0.4, -0.2) is 37.3 Å². The van der Waals surface area contributed by atoms with Crippen molar-refractivity contribution in [2.75, 3.05) is 6.26 Å². The summed E-state index contributed by atoms with van der Waals surface area (Å²) in [4.78, 5) is 16.8. The normalized spacial score (nSPS) is 16.1. The molecule has 0 unspecified atom stereocenters. The molecule has 1 aromatic heterocycles. The summed E-state index contributed by atoms with van der Waals surface area (Å²) >= 11 is 0. The molecule has 0 saturated heterocycles. The number of nitrogens with zero attached hydrogens (tertiary/aromatic N) is 1. The summed E-state index contributed by atoms with van der Waals surface area (Å²) < 4.78 is 40.2. The van der Waals surface area contributed by atoms with Crippen molar-refractivity contribution in [2.24, 2.45) is 0 Å². The average molecular weight is 417 g/mol. The maximum atomic E-state index is 12.5. The summed E-state index contributed by atoms with van der Waals surface area (Å²) in [6.07, 6.45) is 2.60. The van der Waals surface area contributed by atoms with Gasteiger partial charge < -0.3 is 14.2 Å². The summed E-state index contributed by atoms with van der Waals surface area (Å²) in [5.41, 5.74) is 0.230. The predicted octanol–water partition coefficient (Wildman–Crippen LogP) is 3.40. The van der Waals surface area contributed by atoms with E-state index < -0.39 is 21.4 Å². The number of aromatic nitrogens is 1. The highest BCUT2D eigenvalue weighted by molar-refractivity contribution is 7.90. The summed E-state index contributed by atoms with van der Waals surface area (Å²) in [5, 5.41) is 0. The highest BCUT2D eigenvalue weighted by Gasteiger charge is 2.43. The molecule has 2 aromatic rings. The van der Waals surface area contributed by atoms with Crippen LogP contribution in [0.3, 0.4) is 0 Å². The standard InChI is InChI=1S/C21H23NO6S/c1-13(2)26-17-11-8-15(12-22-17)27-19-18(21(3,4)28-20(19)23)14-6-9-16(10-7-14)29(5,24)25/h6-13H,1-5H3. The second-order valence-electron chi connectivity index (χ2n) is 7.50. The molecule has 0 spiro atoms. The van der Waals surface area contributed by atoms with Gasteiger partial charge in [0.1, 0.15) is 11.4 Å². The molecule has 0 N–H and O–H groups in total. The molecule has 7 nitrogen and oxygen atoms in total. The van der Waals surface area contributed by atoms with Gasteiger partial charge in [0, 0.05) is 12.3 Å². The molecule has 154 valence electrons. The van der Waals surface area contributed by atoms with E-state index in [4.69, 9.17) is 14.2 Å². The fraction of sp³-hybridized carbons (Fsp3) is 0.333. The minimum atomic E-state index is -3.32. The summed E-state index contributed by atoms with van der Waals surface area (Å²) in [6.45, 7) is 7.29. The largest absolute Gasteiger partial charge is 0.475 e. The van der Waals surface area contributed by atoms with Gasteiger partial charge in [-0.05, 0) is 51.5 Å². The molecule has 8 heteroatoms. The first-order chi connectivity index (χ1) is 13.5. The zero-order chi connectivity index (χ0) is 21.4. The summed E-state index contributed by atoms with van der Waals surface area (Å²) in [7, 11) is -3.32. The van der Waals surface area contributed by atoms with Crippen molar-refractivity contribution in [3.05, 3.63) is 53.9 Å². The summed E-state index contributed by atoms with van der Waals surface area (Å²) in [5.74, 6) is 0.254. The van der Waals surface area contributed by atoms with Crippen molar-refractivity contribution in [1.82, 2.24) is 4.98 Å². The molecule has 0 bridgehead atoms. The van der Waals surface area contributed by atoms with Crippen LogP contribution in [-0.2, 0) is 19.4 Å². The zero-order valence-electron chi connectivity index (χ0n) is 16.9. The van der Waals surface area contributed by atoms with E-state index in [-0.39, 0.29) is 16.8 Å². The van der Waals surface area contributed by atoms with Gasteiger partial charge in [0.25, 0.3) is 0 Å². The Hall–Kier alpha value is -2.87. The first-order valence-corrected chi connectivity index (χ1v) is 11.0. The summed E-state index contributed by atoms with van der Waals surface area (Å²) in [6, 6.07) is 9.57. The van der Waals surface area contributed by atoms with Crippen LogP contribution < -0.4 is 9.47 Å². The Balaban J connectivity index is 1.98. The predicted molar refractivity (Wildman–Crippen MR) is 107 cm³/mol. The van der Waals surface area contributed by atoms with Crippen LogP contribution in [0.1, 0.15) is 33.3 Å². The topological polar surface area (TPSA) is 91.8 Å². The van der Waals surface area contributed by atoms with Crippen LogP contribution in [0.25, 0.3) is 5.57 Å². The van der Waals surface area contributed by atoms with E-state index in [0.29, 0.717) is 22.8 Å². The Bertz CT molecular complexity index is 1050. The molecule has 3 rings (SSSR count). The van der Waals surface area contributed by atoms with E-state index in [9.17, 15) is 13.2 Å². The Labute approximate surface area is 170 Å². The number of carbonyl (C=O) groups excluding carboxylic acids is 1. The van der Waals surface area contributed by atoms with Crippen LogP contribution in [0, 0.1) is 0 Å². The lowest BCUT2D eigenvalue weighted by molar-refractivity contribution is -0.145. The third-order valence-electron chi connectivity index (χ3n) is 4.22. The van der Waals surface area contributed by atoms with Crippen LogP contribution >= 0.6 is 0 Å². The first kappa shape index (κ1) is 20.9. The van der Waals surface area contributed by atoms with E-state index in [1.807, 2.05) is 13.8 Å². The number of esters is 1. The molecule has 1 aromatic carbocycles. The van der Waals surface area contributed by atoms with Crippen molar-refractivity contribution in [3.63, 3.8) is 0 Å². The second-order valence-corrected chi connectivity index (χ2v) is 9.52. The van der Waals surface area contributed by atoms with Crippen molar-refractivity contribution < 1.29 is 27.4 Å². The molecular formula is C21H23NO6S. The molecule has 0 aliphatic carbocycles. The highest BCUT2D eigenvalue weighted by Crippen LogP contribution is 2.40. The van der Waals surface area contributed by atoms with Crippen molar-refractivity contribution >= 4 is 21.4 Å². The first-order valence-electron chi connectivity index (χ1n) is 9.06. The highest BCUT2D eigenvalue weighted by atomic mass is 32.2. The van der Waals surface area contributed by atoms with Crippen LogP contribution in [0.4, 0.5) is 0 Å². The minimum Gasteiger partial charge on any atom is -0.475 e.